The highest BCUT2D eigenvalue weighted by molar-refractivity contribution is 5.75. The maximum atomic E-state index is 12.6. The van der Waals surface area contributed by atoms with Gasteiger partial charge in [-0.1, -0.05) is 33.8 Å². The van der Waals surface area contributed by atoms with Gasteiger partial charge in [-0.15, -0.1) is 0 Å². The highest BCUT2D eigenvalue weighted by atomic mass is 16.8. The van der Waals surface area contributed by atoms with Gasteiger partial charge in [0.15, 0.2) is 11.5 Å². The Hall–Kier alpha value is -3.54. The van der Waals surface area contributed by atoms with E-state index in [0.29, 0.717) is 30.7 Å². The monoisotopic (exact) mass is 597 g/mol. The molecule has 1 rings (SSSR count). The van der Waals surface area contributed by atoms with Gasteiger partial charge in [0.25, 0.3) is 0 Å². The molecule has 0 amide bonds. The third-order valence-electron chi connectivity index (χ3n) is 6.72. The van der Waals surface area contributed by atoms with Gasteiger partial charge < -0.3 is 39.3 Å². The van der Waals surface area contributed by atoms with E-state index in [2.05, 4.69) is 0 Å². The molecule has 12 nitrogen and oxygen atoms in total. The highest BCUT2D eigenvalue weighted by Crippen LogP contribution is 2.35. The molecule has 238 valence electrons. The second-order valence-corrected chi connectivity index (χ2v) is 11.8. The SMILES string of the molecule is CCC(C)(C)OC(=O)Oc1ccc(C(CC(C)OC(=O)OCCC(C)C)[C@H](N)C(=O)O)cc1OC(=O)OC(C)(C)CC. The average Bonchev–Trinajstić information content (AvgIpc) is 2.86. The van der Waals surface area contributed by atoms with Gasteiger partial charge in [-0.05, 0) is 83.9 Å². The largest absolute Gasteiger partial charge is 0.514 e. The Morgan fingerprint density at radius 3 is 1.86 bits per heavy atom. The Balaban J connectivity index is 3.34. The predicted octanol–water partition coefficient (Wildman–Crippen LogP) is 6.57. The fourth-order valence-electron chi connectivity index (χ4n) is 3.38. The summed E-state index contributed by atoms with van der Waals surface area (Å²) in [6.07, 6.45) is -2.09. The van der Waals surface area contributed by atoms with Gasteiger partial charge in [0, 0.05) is 5.92 Å². The van der Waals surface area contributed by atoms with Crippen LogP contribution in [0.3, 0.4) is 0 Å². The summed E-state index contributed by atoms with van der Waals surface area (Å²) in [5, 5.41) is 9.70. The molecule has 0 saturated carbocycles. The van der Waals surface area contributed by atoms with E-state index in [9.17, 15) is 24.3 Å². The number of hydrogen-bond donors (Lipinski definition) is 2. The van der Waals surface area contributed by atoms with Gasteiger partial charge in [-0.25, -0.2) is 14.4 Å². The van der Waals surface area contributed by atoms with Crippen LogP contribution in [0.15, 0.2) is 18.2 Å². The first kappa shape index (κ1) is 36.5. The Morgan fingerprint density at radius 2 is 1.38 bits per heavy atom. The van der Waals surface area contributed by atoms with Crippen LogP contribution in [0.25, 0.3) is 0 Å². The van der Waals surface area contributed by atoms with E-state index in [-0.39, 0.29) is 24.5 Å². The van der Waals surface area contributed by atoms with Gasteiger partial charge in [-0.2, -0.15) is 0 Å². The molecule has 0 aliphatic heterocycles. The fraction of sp³-hybridized carbons (Fsp3) is 0.667. The van der Waals surface area contributed by atoms with Crippen LogP contribution < -0.4 is 15.2 Å². The van der Waals surface area contributed by atoms with Crippen molar-refractivity contribution in [2.24, 2.45) is 11.7 Å². The van der Waals surface area contributed by atoms with Crippen molar-refractivity contribution in [2.75, 3.05) is 6.61 Å². The second kappa shape index (κ2) is 16.2. The molecule has 42 heavy (non-hydrogen) atoms. The third-order valence-corrected chi connectivity index (χ3v) is 6.72. The van der Waals surface area contributed by atoms with Crippen molar-refractivity contribution in [2.45, 2.75) is 117 Å². The van der Waals surface area contributed by atoms with Crippen molar-refractivity contribution < 1.29 is 52.7 Å². The molecule has 0 radical (unpaired) electrons. The summed E-state index contributed by atoms with van der Waals surface area (Å²) in [7, 11) is 0. The van der Waals surface area contributed by atoms with Crippen molar-refractivity contribution in [3.8, 4) is 11.5 Å². The van der Waals surface area contributed by atoms with E-state index >= 15 is 0 Å². The quantitative estimate of drug-likeness (QED) is 0.127. The molecule has 0 bridgehead atoms. The summed E-state index contributed by atoms with van der Waals surface area (Å²) in [4.78, 5) is 49.2. The van der Waals surface area contributed by atoms with Gasteiger partial charge in [-0.3, -0.25) is 4.79 Å². The highest BCUT2D eigenvalue weighted by Gasteiger charge is 2.31. The number of carbonyl (C=O) groups excluding carboxylic acids is 3. The summed E-state index contributed by atoms with van der Waals surface area (Å²) >= 11 is 0. The summed E-state index contributed by atoms with van der Waals surface area (Å²) in [5.74, 6) is -2.26. The molecule has 0 saturated heterocycles. The molecular weight excluding hydrogens is 550 g/mol. The maximum absolute atomic E-state index is 12.6. The van der Waals surface area contributed by atoms with Crippen molar-refractivity contribution in [3.05, 3.63) is 23.8 Å². The molecule has 0 aliphatic rings. The Kier molecular flexibility index (Phi) is 14.1. The molecule has 3 atom stereocenters. The summed E-state index contributed by atoms with van der Waals surface area (Å²) in [6, 6.07) is 2.71. The van der Waals surface area contributed by atoms with Crippen LogP contribution in [0.2, 0.25) is 0 Å². The Bertz CT molecular complexity index is 1070. The lowest BCUT2D eigenvalue weighted by atomic mass is 9.87. The number of carbonyl (C=O) groups is 4. The first-order valence-electron chi connectivity index (χ1n) is 14.2. The van der Waals surface area contributed by atoms with Crippen LogP contribution in [0.1, 0.15) is 99.5 Å². The molecule has 0 aromatic heterocycles. The van der Waals surface area contributed by atoms with E-state index in [4.69, 9.17) is 34.2 Å². The lowest BCUT2D eigenvalue weighted by Gasteiger charge is -2.26. The molecule has 3 N–H and O–H groups in total. The molecule has 1 aromatic carbocycles. The first-order valence-corrected chi connectivity index (χ1v) is 14.2. The number of carboxylic acids is 1. The topological polar surface area (TPSA) is 170 Å². The Morgan fingerprint density at radius 1 is 0.857 bits per heavy atom. The molecular formula is C30H47NO11. The summed E-state index contributed by atoms with van der Waals surface area (Å²) in [6.45, 7) is 16.2. The number of benzene rings is 1. The third kappa shape index (κ3) is 13.0. The number of nitrogens with two attached hydrogens (primary N) is 1. The van der Waals surface area contributed by atoms with Crippen molar-refractivity contribution in [1.82, 2.24) is 0 Å². The number of aliphatic carboxylic acids is 1. The minimum atomic E-state index is -1.42. The zero-order valence-corrected chi connectivity index (χ0v) is 26.2. The van der Waals surface area contributed by atoms with Gasteiger partial charge in [0.2, 0.25) is 0 Å². The molecule has 2 unspecified atom stereocenters. The lowest BCUT2D eigenvalue weighted by Crippen LogP contribution is -2.38. The summed E-state index contributed by atoms with van der Waals surface area (Å²) < 4.78 is 31.9. The zero-order chi connectivity index (χ0) is 32.3. The molecule has 0 fully saturated rings. The fourth-order valence-corrected chi connectivity index (χ4v) is 3.38. The maximum Gasteiger partial charge on any atom is 0.514 e. The van der Waals surface area contributed by atoms with Crippen molar-refractivity contribution in [1.29, 1.82) is 0 Å². The van der Waals surface area contributed by atoms with Crippen LogP contribution in [0.4, 0.5) is 14.4 Å². The van der Waals surface area contributed by atoms with Gasteiger partial charge >= 0.3 is 24.4 Å². The lowest BCUT2D eigenvalue weighted by molar-refractivity contribution is -0.139. The molecule has 0 aliphatic carbocycles. The summed E-state index contributed by atoms with van der Waals surface area (Å²) in [5.41, 5.74) is 4.70. The molecule has 12 heteroatoms. The molecule has 0 spiro atoms. The van der Waals surface area contributed by atoms with E-state index in [0.717, 1.165) is 0 Å². The van der Waals surface area contributed by atoms with E-state index in [1.807, 2.05) is 27.7 Å². The number of hydrogen-bond acceptors (Lipinski definition) is 11. The number of rotatable bonds is 15. The van der Waals surface area contributed by atoms with Gasteiger partial charge in [0.1, 0.15) is 23.3 Å². The van der Waals surface area contributed by atoms with E-state index < -0.39 is 53.7 Å². The van der Waals surface area contributed by atoms with Crippen molar-refractivity contribution in [3.63, 3.8) is 0 Å². The van der Waals surface area contributed by atoms with Crippen LogP contribution in [-0.2, 0) is 23.7 Å². The van der Waals surface area contributed by atoms with Crippen LogP contribution >= 0.6 is 0 Å². The molecule has 0 heterocycles. The van der Waals surface area contributed by atoms with E-state index in [1.54, 1.807) is 34.6 Å². The second-order valence-electron chi connectivity index (χ2n) is 11.8. The average molecular weight is 598 g/mol. The smallest absolute Gasteiger partial charge is 0.480 e. The van der Waals surface area contributed by atoms with E-state index in [1.165, 1.54) is 18.2 Å². The van der Waals surface area contributed by atoms with Crippen LogP contribution in [-0.4, -0.2) is 59.5 Å². The minimum Gasteiger partial charge on any atom is -0.480 e. The van der Waals surface area contributed by atoms with Crippen LogP contribution in [0, 0.1) is 5.92 Å². The Labute approximate surface area is 248 Å². The minimum absolute atomic E-state index is 0.00751. The number of ether oxygens (including phenoxy) is 6. The standard InChI is InChI=1S/C30H47NO11/c1-10-29(6,7)41-27(35)39-22-13-12-20(17-23(22)40-28(36)42-30(8,9)11-2)21(24(31)25(32)33)16-19(5)38-26(34)37-15-14-18(3)4/h12-13,17-19,21,24H,10-11,14-16,31H2,1-9H3,(H,32,33)/t19?,21?,24-/m0/s1. The number of carboxylic acid groups (broad SMARTS) is 1. The normalized spacial score (nSPS) is 13.9. The molecule has 1 aromatic rings. The zero-order valence-electron chi connectivity index (χ0n) is 26.2. The van der Waals surface area contributed by atoms with Gasteiger partial charge in [0.05, 0.1) is 6.61 Å². The van der Waals surface area contributed by atoms with Crippen LogP contribution in [0.5, 0.6) is 11.5 Å². The van der Waals surface area contributed by atoms with Crippen molar-refractivity contribution >= 4 is 24.4 Å². The first-order chi connectivity index (χ1) is 19.4. The predicted molar refractivity (Wildman–Crippen MR) is 154 cm³/mol.